The number of aromatic nitrogens is 1. The zero-order valence-corrected chi connectivity index (χ0v) is 19.2. The molecule has 0 bridgehead atoms. The van der Waals surface area contributed by atoms with Gasteiger partial charge in [-0.1, -0.05) is 0 Å². The summed E-state index contributed by atoms with van der Waals surface area (Å²) in [6.07, 6.45) is 1.73. The maximum atomic E-state index is 12.4. The number of rotatable bonds is 4. The lowest BCUT2D eigenvalue weighted by atomic mass is 10.2. The highest BCUT2D eigenvalue weighted by Crippen LogP contribution is 2.40. The van der Waals surface area contributed by atoms with E-state index in [1.54, 1.807) is 41.3 Å². The molecule has 1 saturated heterocycles. The number of likely N-dealkylation sites (tertiary alicyclic amines) is 1. The monoisotopic (exact) mass is 443 g/mol. The molecular formula is C24H31N3O5. The number of carbonyl (C=O) groups excluding carboxylic acids is 1. The molecule has 0 spiro atoms. The highest BCUT2D eigenvalue weighted by Gasteiger charge is 2.31. The predicted octanol–water partition coefficient (Wildman–Crippen LogP) is 4.32. The number of pyridine rings is 1. The van der Waals surface area contributed by atoms with E-state index >= 15 is 0 Å². The van der Waals surface area contributed by atoms with Gasteiger partial charge < -0.3 is 28.7 Å². The third-order valence-electron chi connectivity index (χ3n) is 5.19. The Morgan fingerprint density at radius 1 is 1.31 bits per heavy atom. The van der Waals surface area contributed by atoms with E-state index in [1.165, 1.54) is 0 Å². The van der Waals surface area contributed by atoms with Crippen LogP contribution in [0.15, 0.2) is 30.5 Å². The number of hydrogen-bond donors (Lipinski definition) is 0. The molecular weight excluding hydrogens is 410 g/mol. The van der Waals surface area contributed by atoms with Gasteiger partial charge in [-0.3, -0.25) is 0 Å². The number of aryl methyl sites for hydroxylation is 1. The van der Waals surface area contributed by atoms with Crippen molar-refractivity contribution in [2.75, 3.05) is 38.2 Å². The molecule has 0 unspecified atom stereocenters. The molecule has 1 fully saturated rings. The van der Waals surface area contributed by atoms with Crippen LogP contribution in [0.25, 0.3) is 0 Å². The van der Waals surface area contributed by atoms with Crippen molar-refractivity contribution in [3.05, 3.63) is 36.0 Å². The Morgan fingerprint density at radius 2 is 2.12 bits per heavy atom. The number of ether oxygens (including phenoxy) is 4. The lowest BCUT2D eigenvalue weighted by Crippen LogP contribution is -2.36. The van der Waals surface area contributed by atoms with Crippen LogP contribution in [0.2, 0.25) is 0 Å². The van der Waals surface area contributed by atoms with Crippen LogP contribution in [-0.2, 0) is 4.74 Å². The predicted molar refractivity (Wildman–Crippen MR) is 121 cm³/mol. The van der Waals surface area contributed by atoms with E-state index < -0.39 is 12.1 Å². The standard InChI is InChI=1S/C24H31N3O5/c1-16-12-17(14-25-22(16)29-5)27-10-11-30-21-7-6-18(13-20(21)27)31-19-8-9-26(15-19)23(28)32-24(2,3)4/h6-7,12-14,19H,8-11,15H2,1-5H3/t19-/m0/s1/i10D2. The molecule has 3 heterocycles. The van der Waals surface area contributed by atoms with Gasteiger partial charge >= 0.3 is 6.09 Å². The average Bonchev–Trinajstić information content (AvgIpc) is 3.20. The molecule has 1 aromatic carbocycles. The molecule has 4 rings (SSSR count). The van der Waals surface area contributed by atoms with Crippen molar-refractivity contribution >= 4 is 17.5 Å². The van der Waals surface area contributed by atoms with Gasteiger partial charge in [0.1, 0.15) is 29.8 Å². The molecule has 2 aliphatic heterocycles. The number of hydrogen-bond acceptors (Lipinski definition) is 7. The number of amides is 1. The van der Waals surface area contributed by atoms with Gasteiger partial charge in [0.2, 0.25) is 5.88 Å². The molecule has 1 aromatic heterocycles. The number of nitrogens with zero attached hydrogens (tertiary/aromatic N) is 3. The van der Waals surface area contributed by atoms with Crippen molar-refractivity contribution in [3.63, 3.8) is 0 Å². The molecule has 2 aliphatic rings. The van der Waals surface area contributed by atoms with Crippen molar-refractivity contribution in [2.45, 2.75) is 45.8 Å². The third kappa shape index (κ3) is 4.84. The van der Waals surface area contributed by atoms with Crippen LogP contribution in [0.4, 0.5) is 16.2 Å². The van der Waals surface area contributed by atoms with Crippen LogP contribution >= 0.6 is 0 Å². The topological polar surface area (TPSA) is 73.4 Å². The fourth-order valence-corrected chi connectivity index (χ4v) is 3.75. The van der Waals surface area contributed by atoms with Crippen LogP contribution in [0.3, 0.4) is 0 Å². The molecule has 32 heavy (non-hydrogen) atoms. The SMILES string of the molecule is [2H]C1([2H])COc2ccc(O[C@H]3CCN(C(=O)OC(C)(C)C)C3)cc2N1c1cnc(OC)c(C)c1. The van der Waals surface area contributed by atoms with Crippen LogP contribution in [0.1, 0.15) is 35.5 Å². The number of methoxy groups -OCH3 is 1. The maximum Gasteiger partial charge on any atom is 0.410 e. The minimum atomic E-state index is -1.80. The van der Waals surface area contributed by atoms with E-state index in [0.29, 0.717) is 48.3 Å². The van der Waals surface area contributed by atoms with Crippen LogP contribution in [0.5, 0.6) is 17.4 Å². The Bertz CT molecular complexity index is 1070. The minimum Gasteiger partial charge on any atom is -0.490 e. The fourth-order valence-electron chi connectivity index (χ4n) is 3.75. The van der Waals surface area contributed by atoms with Gasteiger partial charge in [-0.05, 0) is 45.9 Å². The normalized spacial score (nSPS) is 20.6. The van der Waals surface area contributed by atoms with E-state index in [9.17, 15) is 4.79 Å². The summed E-state index contributed by atoms with van der Waals surface area (Å²) < 4.78 is 39.7. The summed E-state index contributed by atoms with van der Waals surface area (Å²) >= 11 is 0. The summed E-state index contributed by atoms with van der Waals surface area (Å²) in [5.41, 5.74) is 1.37. The Kier molecular flexibility index (Phi) is 5.35. The lowest BCUT2D eigenvalue weighted by Gasteiger charge is -2.32. The highest BCUT2D eigenvalue weighted by atomic mass is 16.6. The van der Waals surface area contributed by atoms with Crippen LogP contribution in [-0.4, -0.2) is 61.0 Å². The first kappa shape index (κ1) is 19.5. The summed E-state index contributed by atoms with van der Waals surface area (Å²) in [6.45, 7) is 6.45. The summed E-state index contributed by atoms with van der Waals surface area (Å²) in [5, 5.41) is 0. The quantitative estimate of drug-likeness (QED) is 0.697. The molecule has 1 amide bonds. The molecule has 8 nitrogen and oxygen atoms in total. The molecule has 1 atom stereocenters. The number of anilines is 2. The molecule has 0 N–H and O–H groups in total. The van der Waals surface area contributed by atoms with E-state index in [0.717, 1.165) is 5.56 Å². The third-order valence-corrected chi connectivity index (χ3v) is 5.19. The zero-order valence-electron chi connectivity index (χ0n) is 21.2. The van der Waals surface area contributed by atoms with Crippen molar-refractivity contribution in [1.29, 1.82) is 0 Å². The van der Waals surface area contributed by atoms with E-state index in [4.69, 9.17) is 21.7 Å². The second kappa shape index (κ2) is 8.76. The second-order valence-corrected chi connectivity index (χ2v) is 8.89. The minimum absolute atomic E-state index is 0.126. The van der Waals surface area contributed by atoms with E-state index in [1.807, 2.05) is 33.8 Å². The first-order valence-corrected chi connectivity index (χ1v) is 10.7. The summed E-state index contributed by atoms with van der Waals surface area (Å²) in [7, 11) is 1.55. The van der Waals surface area contributed by atoms with Crippen LogP contribution < -0.4 is 19.1 Å². The second-order valence-electron chi connectivity index (χ2n) is 8.89. The van der Waals surface area contributed by atoms with Crippen molar-refractivity contribution in [1.82, 2.24) is 9.88 Å². The number of fused-ring (bicyclic) bond motifs is 1. The van der Waals surface area contributed by atoms with E-state index in [2.05, 4.69) is 4.98 Å². The van der Waals surface area contributed by atoms with Crippen LogP contribution in [0, 0.1) is 6.92 Å². The van der Waals surface area contributed by atoms with Gasteiger partial charge in [0, 0.05) is 24.6 Å². The molecule has 8 heteroatoms. The van der Waals surface area contributed by atoms with Gasteiger partial charge in [0.25, 0.3) is 0 Å². The largest absolute Gasteiger partial charge is 0.490 e. The molecule has 0 saturated carbocycles. The molecule has 172 valence electrons. The van der Waals surface area contributed by atoms with Gasteiger partial charge in [-0.25, -0.2) is 9.78 Å². The Morgan fingerprint density at radius 3 is 2.84 bits per heavy atom. The maximum absolute atomic E-state index is 12.4. The number of benzene rings is 1. The van der Waals surface area contributed by atoms with Gasteiger partial charge in [-0.15, -0.1) is 0 Å². The number of carbonyl (C=O) groups is 1. The van der Waals surface area contributed by atoms with Gasteiger partial charge in [0.05, 0.1) is 40.5 Å². The average molecular weight is 444 g/mol. The first-order valence-electron chi connectivity index (χ1n) is 11.7. The Labute approximate surface area is 191 Å². The fraction of sp³-hybridized carbons (Fsp3) is 0.500. The van der Waals surface area contributed by atoms with Gasteiger partial charge in [0.15, 0.2) is 0 Å². The summed E-state index contributed by atoms with van der Waals surface area (Å²) in [6, 6.07) is 7.17. The summed E-state index contributed by atoms with van der Waals surface area (Å²) in [5.74, 6) is 1.61. The Hall–Kier alpha value is -3.16. The first-order chi connectivity index (χ1) is 16.0. The highest BCUT2D eigenvalue weighted by molar-refractivity contribution is 5.72. The van der Waals surface area contributed by atoms with Crippen molar-refractivity contribution in [3.8, 4) is 17.4 Å². The Balaban J connectivity index is 1.55. The van der Waals surface area contributed by atoms with E-state index in [-0.39, 0.29) is 18.8 Å². The van der Waals surface area contributed by atoms with Crippen molar-refractivity contribution in [2.24, 2.45) is 0 Å². The zero-order chi connectivity index (χ0) is 24.7. The smallest absolute Gasteiger partial charge is 0.410 e. The van der Waals surface area contributed by atoms with Gasteiger partial charge in [-0.2, -0.15) is 0 Å². The molecule has 2 aromatic rings. The van der Waals surface area contributed by atoms with Crippen molar-refractivity contribution < 1.29 is 26.5 Å². The summed E-state index contributed by atoms with van der Waals surface area (Å²) in [4.78, 5) is 19.9. The lowest BCUT2D eigenvalue weighted by molar-refractivity contribution is 0.0275. The molecule has 0 radical (unpaired) electrons. The molecule has 0 aliphatic carbocycles.